The maximum atomic E-state index is 5.27. The highest BCUT2D eigenvalue weighted by Gasteiger charge is 2.40. The summed E-state index contributed by atoms with van der Waals surface area (Å²) in [6.07, 6.45) is 3.92. The Balaban J connectivity index is 1.94. The van der Waals surface area contributed by atoms with Gasteiger partial charge in [-0.1, -0.05) is 13.3 Å². The number of hydrogen-bond acceptors (Lipinski definition) is 3. The van der Waals surface area contributed by atoms with Gasteiger partial charge in [-0.3, -0.25) is 0 Å². The highest BCUT2D eigenvalue weighted by Crippen LogP contribution is 2.43. The third-order valence-electron chi connectivity index (χ3n) is 4.32. The van der Waals surface area contributed by atoms with Gasteiger partial charge in [-0.25, -0.2) is 0 Å². The summed E-state index contributed by atoms with van der Waals surface area (Å²) in [6.45, 7) is 3.43. The van der Waals surface area contributed by atoms with Crippen molar-refractivity contribution in [3.63, 3.8) is 0 Å². The van der Waals surface area contributed by atoms with Crippen molar-refractivity contribution in [2.75, 3.05) is 24.3 Å². The van der Waals surface area contributed by atoms with E-state index in [4.69, 9.17) is 4.74 Å². The summed E-state index contributed by atoms with van der Waals surface area (Å²) in [7, 11) is 1.71. The summed E-state index contributed by atoms with van der Waals surface area (Å²) < 4.78 is 5.27. The number of benzene rings is 1. The van der Waals surface area contributed by atoms with Crippen molar-refractivity contribution in [3.05, 3.63) is 18.2 Å². The van der Waals surface area contributed by atoms with Crippen LogP contribution in [-0.4, -0.2) is 19.7 Å². The summed E-state index contributed by atoms with van der Waals surface area (Å²) >= 11 is 0. The molecule has 2 atom stereocenters. The van der Waals surface area contributed by atoms with Gasteiger partial charge in [0, 0.05) is 24.1 Å². The average Bonchev–Trinajstić information content (AvgIpc) is 2.64. The van der Waals surface area contributed by atoms with Crippen LogP contribution < -0.4 is 15.4 Å². The number of methoxy groups -OCH3 is 1. The lowest BCUT2D eigenvalue weighted by Crippen LogP contribution is -2.36. The molecule has 2 N–H and O–H groups in total. The van der Waals surface area contributed by atoms with Gasteiger partial charge in [0.25, 0.3) is 0 Å². The van der Waals surface area contributed by atoms with Crippen LogP contribution in [0, 0.1) is 5.41 Å². The fraction of sp³-hybridized carbons (Fsp3) is 0.571. The first kappa shape index (κ1) is 10.8. The lowest BCUT2D eigenvalue weighted by Gasteiger charge is -2.29. The Morgan fingerprint density at radius 3 is 3.06 bits per heavy atom. The first-order valence-electron chi connectivity index (χ1n) is 6.40. The van der Waals surface area contributed by atoms with Gasteiger partial charge in [-0.2, -0.15) is 0 Å². The Morgan fingerprint density at radius 2 is 2.24 bits per heavy atom. The average molecular weight is 232 g/mol. The zero-order valence-corrected chi connectivity index (χ0v) is 10.5. The molecule has 17 heavy (non-hydrogen) atoms. The summed E-state index contributed by atoms with van der Waals surface area (Å²) in [4.78, 5) is 0. The molecule has 0 aromatic heterocycles. The lowest BCUT2D eigenvalue weighted by molar-refractivity contribution is 0.335. The van der Waals surface area contributed by atoms with E-state index in [1.807, 2.05) is 6.07 Å². The van der Waals surface area contributed by atoms with E-state index < -0.39 is 0 Å². The molecule has 0 radical (unpaired) electrons. The van der Waals surface area contributed by atoms with Gasteiger partial charge in [0.05, 0.1) is 18.5 Å². The van der Waals surface area contributed by atoms with Crippen molar-refractivity contribution in [2.24, 2.45) is 5.41 Å². The Labute approximate surface area is 103 Å². The van der Waals surface area contributed by atoms with Crippen molar-refractivity contribution in [1.29, 1.82) is 0 Å². The van der Waals surface area contributed by atoms with E-state index >= 15 is 0 Å². The van der Waals surface area contributed by atoms with Crippen LogP contribution in [0.4, 0.5) is 11.4 Å². The minimum atomic E-state index is 0.381. The molecule has 1 aromatic carbocycles. The molecule has 3 rings (SSSR count). The number of ether oxygens (including phenoxy) is 1. The standard InChI is InChI=1S/C14H20N2O/c1-14-7-3-4-13(14)16-11-6-5-10(17-2)8-12(11)15-9-14/h5-6,8,13,15-16H,3-4,7,9H2,1-2H3. The second kappa shape index (κ2) is 3.83. The predicted octanol–water partition coefficient (Wildman–Crippen LogP) is 3.09. The topological polar surface area (TPSA) is 33.3 Å². The van der Waals surface area contributed by atoms with Crippen LogP contribution in [0.2, 0.25) is 0 Å². The summed E-state index contributed by atoms with van der Waals surface area (Å²) in [5.74, 6) is 0.912. The lowest BCUT2D eigenvalue weighted by atomic mass is 9.85. The highest BCUT2D eigenvalue weighted by atomic mass is 16.5. The summed E-state index contributed by atoms with van der Waals surface area (Å²) in [6, 6.07) is 6.81. The molecule has 3 nitrogen and oxygen atoms in total. The zero-order chi connectivity index (χ0) is 11.9. The van der Waals surface area contributed by atoms with E-state index in [2.05, 4.69) is 29.7 Å². The van der Waals surface area contributed by atoms with Crippen LogP contribution >= 0.6 is 0 Å². The van der Waals surface area contributed by atoms with Crippen molar-refractivity contribution >= 4 is 11.4 Å². The molecular formula is C14H20N2O. The maximum Gasteiger partial charge on any atom is 0.121 e. The minimum absolute atomic E-state index is 0.381. The molecular weight excluding hydrogens is 212 g/mol. The van der Waals surface area contributed by atoms with Gasteiger partial charge in [0.2, 0.25) is 0 Å². The van der Waals surface area contributed by atoms with Gasteiger partial charge in [0.1, 0.15) is 5.75 Å². The van der Waals surface area contributed by atoms with Gasteiger partial charge < -0.3 is 15.4 Å². The van der Waals surface area contributed by atoms with Crippen LogP contribution in [0.5, 0.6) is 5.75 Å². The minimum Gasteiger partial charge on any atom is -0.497 e. The smallest absolute Gasteiger partial charge is 0.121 e. The summed E-state index contributed by atoms with van der Waals surface area (Å²) in [5, 5.41) is 7.26. The Kier molecular flexibility index (Phi) is 2.42. The van der Waals surface area contributed by atoms with Crippen molar-refractivity contribution in [2.45, 2.75) is 32.2 Å². The molecule has 1 aliphatic carbocycles. The molecule has 0 saturated heterocycles. The predicted molar refractivity (Wildman–Crippen MR) is 70.9 cm³/mol. The maximum absolute atomic E-state index is 5.27. The quantitative estimate of drug-likeness (QED) is 0.780. The largest absolute Gasteiger partial charge is 0.497 e. The van der Waals surface area contributed by atoms with E-state index in [9.17, 15) is 0 Å². The first-order chi connectivity index (χ1) is 8.21. The molecule has 1 saturated carbocycles. The van der Waals surface area contributed by atoms with Crippen LogP contribution in [0.1, 0.15) is 26.2 Å². The zero-order valence-electron chi connectivity index (χ0n) is 10.5. The molecule has 1 aromatic rings. The Hall–Kier alpha value is -1.38. The molecule has 92 valence electrons. The van der Waals surface area contributed by atoms with Crippen LogP contribution in [-0.2, 0) is 0 Å². The number of fused-ring (bicyclic) bond motifs is 2. The molecule has 0 amide bonds. The van der Waals surface area contributed by atoms with E-state index in [1.54, 1.807) is 7.11 Å². The fourth-order valence-electron chi connectivity index (χ4n) is 3.10. The number of rotatable bonds is 1. The Bertz CT molecular complexity index is 432. The molecule has 1 heterocycles. The van der Waals surface area contributed by atoms with E-state index in [0.29, 0.717) is 11.5 Å². The Morgan fingerprint density at radius 1 is 1.35 bits per heavy atom. The normalized spacial score (nSPS) is 30.6. The second-order valence-corrected chi connectivity index (χ2v) is 5.51. The summed E-state index contributed by atoms with van der Waals surface area (Å²) in [5.41, 5.74) is 2.76. The van der Waals surface area contributed by atoms with Crippen LogP contribution in [0.25, 0.3) is 0 Å². The van der Waals surface area contributed by atoms with Gasteiger partial charge >= 0.3 is 0 Å². The molecule has 1 fully saturated rings. The third kappa shape index (κ3) is 1.74. The van der Waals surface area contributed by atoms with Crippen molar-refractivity contribution < 1.29 is 4.74 Å². The van der Waals surface area contributed by atoms with E-state index in [1.165, 1.54) is 30.6 Å². The number of hydrogen-bond donors (Lipinski definition) is 2. The second-order valence-electron chi connectivity index (χ2n) is 5.51. The molecule has 1 aliphatic heterocycles. The number of nitrogens with one attached hydrogen (secondary N) is 2. The van der Waals surface area contributed by atoms with E-state index in [0.717, 1.165) is 12.3 Å². The van der Waals surface area contributed by atoms with Crippen LogP contribution in [0.3, 0.4) is 0 Å². The van der Waals surface area contributed by atoms with Gasteiger partial charge in [0.15, 0.2) is 0 Å². The molecule has 3 heteroatoms. The third-order valence-corrected chi connectivity index (χ3v) is 4.32. The van der Waals surface area contributed by atoms with E-state index in [-0.39, 0.29) is 0 Å². The highest BCUT2D eigenvalue weighted by molar-refractivity contribution is 5.72. The van der Waals surface area contributed by atoms with Crippen LogP contribution in [0.15, 0.2) is 18.2 Å². The van der Waals surface area contributed by atoms with Gasteiger partial charge in [-0.15, -0.1) is 0 Å². The molecule has 2 aliphatic rings. The monoisotopic (exact) mass is 232 g/mol. The SMILES string of the molecule is COc1ccc2c(c1)NCC1(C)CCCC1N2. The van der Waals surface area contributed by atoms with Gasteiger partial charge in [-0.05, 0) is 25.0 Å². The molecule has 2 unspecified atom stereocenters. The molecule has 0 bridgehead atoms. The molecule has 0 spiro atoms. The van der Waals surface area contributed by atoms with Crippen molar-refractivity contribution in [3.8, 4) is 5.75 Å². The first-order valence-corrected chi connectivity index (χ1v) is 6.40. The number of anilines is 2. The van der Waals surface area contributed by atoms with Crippen molar-refractivity contribution in [1.82, 2.24) is 0 Å². The fourth-order valence-corrected chi connectivity index (χ4v) is 3.10.